The number of hydrogen-bond acceptors (Lipinski definition) is 1. The van der Waals surface area contributed by atoms with Crippen LogP contribution in [0.25, 0.3) is 0 Å². The molecule has 4 rings (SSSR count). The van der Waals surface area contributed by atoms with E-state index in [-0.39, 0.29) is 15.0 Å². The molecule has 2 aliphatic rings. The van der Waals surface area contributed by atoms with Gasteiger partial charge in [0.15, 0.2) is 5.75 Å². The van der Waals surface area contributed by atoms with Crippen LogP contribution in [0.5, 0.6) is 5.75 Å². The van der Waals surface area contributed by atoms with Gasteiger partial charge in [0.2, 0.25) is 0 Å². The summed E-state index contributed by atoms with van der Waals surface area (Å²) < 4.78 is 0. The van der Waals surface area contributed by atoms with E-state index in [2.05, 4.69) is 77.3 Å². The van der Waals surface area contributed by atoms with Crippen LogP contribution in [0.2, 0.25) is 0 Å². The molecule has 0 radical (unpaired) electrons. The maximum Gasteiger partial charge on any atom is -0.358 e. The third-order valence-electron chi connectivity index (χ3n) is 6.21. The number of para-hydroxylation sites is 1. The normalized spacial score (nSPS) is 18.2. The van der Waals surface area contributed by atoms with Gasteiger partial charge < -0.3 is 12.5 Å². The van der Waals surface area contributed by atoms with Crippen LogP contribution >= 0.6 is 7.14 Å². The maximum absolute atomic E-state index is 10.4. The smallest absolute Gasteiger partial charge is 0.358 e. The van der Waals surface area contributed by atoms with Crippen molar-refractivity contribution in [1.29, 1.82) is 0 Å². The van der Waals surface area contributed by atoms with E-state index in [1.54, 1.807) is 0 Å². The largest absolute Gasteiger partial charge is 0.358 e. The molecule has 0 bridgehead atoms. The average molecular weight is 481 g/mol. The first-order valence-electron chi connectivity index (χ1n) is 11.0. The number of hydrogen-bond donors (Lipinski definition) is 1. The molecule has 0 amide bonds. The van der Waals surface area contributed by atoms with Crippen LogP contribution in [0.4, 0.5) is 0 Å². The fraction of sp³-hybridized carbons (Fsp3) is 0.481. The van der Waals surface area contributed by atoms with E-state index in [0.29, 0.717) is 5.75 Å². The molecule has 1 unspecified atom stereocenters. The molecule has 4 heteroatoms. The van der Waals surface area contributed by atoms with Crippen molar-refractivity contribution >= 4 is 30.7 Å². The summed E-state index contributed by atoms with van der Waals surface area (Å²) in [4.78, 5) is 0. The Morgan fingerprint density at radius 2 is 1.35 bits per heavy atom. The van der Waals surface area contributed by atoms with Gasteiger partial charge in [-0.3, -0.25) is 0 Å². The maximum atomic E-state index is 10.4. The molecule has 1 atom stereocenters. The SMILES string of the molecule is CC(C)C1CCCC1.[BH3-][P+](c1ccccc1)(c1ccccc1O)C1CCCC1.[CH2]=[Fe+].[CH3-]. The Hall–Kier alpha value is -0.876. The summed E-state index contributed by atoms with van der Waals surface area (Å²) in [6.45, 7) is 4.69. The Morgan fingerprint density at radius 3 is 1.84 bits per heavy atom. The van der Waals surface area contributed by atoms with Gasteiger partial charge >= 0.3 is 21.0 Å². The summed E-state index contributed by atoms with van der Waals surface area (Å²) in [6.07, 6.45) is 11.4. The third-order valence-corrected chi connectivity index (χ3v) is 9.21. The Kier molecular flexibility index (Phi) is 13.0. The molecule has 0 aromatic heterocycles. The van der Waals surface area contributed by atoms with E-state index in [4.69, 9.17) is 0 Å². The molecule has 2 fully saturated rings. The Labute approximate surface area is 201 Å². The zero-order valence-electron chi connectivity index (χ0n) is 19.0. The van der Waals surface area contributed by atoms with Gasteiger partial charge in [-0.15, -0.1) is 0 Å². The predicted molar refractivity (Wildman–Crippen MR) is 143 cm³/mol. The fourth-order valence-electron chi connectivity index (χ4n) is 4.59. The van der Waals surface area contributed by atoms with Crippen LogP contribution in [0.3, 0.4) is 0 Å². The fourth-order valence-corrected chi connectivity index (χ4v) is 7.63. The quantitative estimate of drug-likeness (QED) is 0.331. The van der Waals surface area contributed by atoms with Gasteiger partial charge in [-0.05, 0) is 61.8 Å². The van der Waals surface area contributed by atoms with Gasteiger partial charge in [0, 0.05) is 5.66 Å². The summed E-state index contributed by atoms with van der Waals surface area (Å²) in [6, 6.07) is 19.2. The second kappa shape index (κ2) is 14.3. The molecule has 0 aliphatic heterocycles. The monoisotopic (exact) mass is 481 g/mol. The van der Waals surface area contributed by atoms with Crippen LogP contribution in [0.15, 0.2) is 54.6 Å². The minimum Gasteiger partial charge on any atom is -0.358 e. The van der Waals surface area contributed by atoms with Crippen LogP contribution in [0, 0.1) is 19.3 Å². The van der Waals surface area contributed by atoms with Crippen LogP contribution < -0.4 is 10.6 Å². The van der Waals surface area contributed by atoms with Crippen molar-refractivity contribution in [2.24, 2.45) is 11.8 Å². The molecule has 1 N–H and O–H groups in total. The predicted octanol–water partition coefficient (Wildman–Crippen LogP) is 5.83. The summed E-state index contributed by atoms with van der Waals surface area (Å²) in [5.41, 5.74) is 3.83. The number of phenolic OH excluding ortho intramolecular Hbond substituents is 1. The van der Waals surface area contributed by atoms with Gasteiger partial charge in [-0.25, -0.2) is 0 Å². The molecule has 1 nitrogen and oxygen atoms in total. The molecule has 2 aromatic rings. The summed E-state index contributed by atoms with van der Waals surface area (Å²) in [7, 11) is -1.14. The average Bonchev–Trinajstić information content (AvgIpc) is 3.51. The number of phenols is 1. The van der Waals surface area contributed by atoms with Crippen molar-refractivity contribution in [3.63, 3.8) is 0 Å². The van der Waals surface area contributed by atoms with E-state index in [1.807, 2.05) is 12.1 Å². The molecule has 0 spiro atoms. The Bertz CT molecular complexity index is 742. The standard InChI is InChI=1S/C17H22BOP.C8H16.CH3.CH2.Fe/c18-20(15-10-4-5-11-15,14-8-2-1-3-9-14)17-13-7-6-12-16(17)19;1-7(2)8-5-3-4-6-8;;;/h1-3,6-9,12-13,15,19H,4-5,10-11H2,18H3;7-8H,3-6H2,1-2H3;1H3;1H2;/q;;-1;;+1. The summed E-state index contributed by atoms with van der Waals surface area (Å²) >= 11 is 3.00. The molecule has 173 valence electrons. The first kappa shape index (κ1) is 28.2. The Balaban J connectivity index is 0.000000369. The van der Waals surface area contributed by atoms with Gasteiger partial charge in [0.05, 0.1) is 10.6 Å². The summed E-state index contributed by atoms with van der Waals surface area (Å²) in [5, 5.41) is 13.3. The van der Waals surface area contributed by atoms with Gasteiger partial charge in [-0.1, -0.05) is 77.0 Å². The number of rotatable bonds is 4. The summed E-state index contributed by atoms with van der Waals surface area (Å²) in [5.74, 6) is 2.54. The first-order valence-corrected chi connectivity index (χ1v) is 13.2. The molecule has 31 heavy (non-hydrogen) atoms. The van der Waals surface area contributed by atoms with Crippen molar-refractivity contribution in [2.75, 3.05) is 0 Å². The molecular formula is C27H43BFeOP. The second-order valence-corrected chi connectivity index (χ2v) is 10.9. The zero-order valence-corrected chi connectivity index (χ0v) is 21.0. The van der Waals surface area contributed by atoms with Crippen LogP contribution in [-0.2, 0) is 15.6 Å². The van der Waals surface area contributed by atoms with E-state index in [0.717, 1.165) is 17.5 Å². The Morgan fingerprint density at radius 1 is 0.871 bits per heavy atom. The third kappa shape index (κ3) is 7.31. The molecule has 2 saturated carbocycles. The minimum atomic E-state index is -1.26. The van der Waals surface area contributed by atoms with Crippen LogP contribution in [-0.4, -0.2) is 23.8 Å². The second-order valence-electron chi connectivity index (χ2n) is 8.42. The van der Waals surface area contributed by atoms with Crippen molar-refractivity contribution < 1.29 is 20.7 Å². The molecule has 2 aliphatic carbocycles. The number of aromatic hydroxyl groups is 1. The minimum absolute atomic E-state index is 0. The van der Waals surface area contributed by atoms with Crippen molar-refractivity contribution in [3.05, 3.63) is 62.0 Å². The van der Waals surface area contributed by atoms with Crippen molar-refractivity contribution in [3.8, 4) is 5.75 Å². The number of benzene rings is 2. The van der Waals surface area contributed by atoms with Crippen molar-refractivity contribution in [2.45, 2.75) is 70.9 Å². The van der Waals surface area contributed by atoms with E-state index in [9.17, 15) is 5.11 Å². The van der Waals surface area contributed by atoms with Gasteiger partial charge in [0.1, 0.15) is 7.57 Å². The topological polar surface area (TPSA) is 20.2 Å². The molecular weight excluding hydrogens is 438 g/mol. The first-order chi connectivity index (χ1) is 14.5. The van der Waals surface area contributed by atoms with Gasteiger partial charge in [-0.2, -0.15) is 0 Å². The zero-order chi connectivity index (χ0) is 22.0. The van der Waals surface area contributed by atoms with E-state index in [1.165, 1.54) is 62.0 Å². The van der Waals surface area contributed by atoms with Crippen LogP contribution in [0.1, 0.15) is 65.2 Å². The van der Waals surface area contributed by atoms with E-state index >= 15 is 0 Å². The molecule has 2 aromatic carbocycles. The van der Waals surface area contributed by atoms with E-state index < -0.39 is 7.14 Å². The van der Waals surface area contributed by atoms with Gasteiger partial charge in [0.25, 0.3) is 0 Å². The molecule has 0 saturated heterocycles. The molecule has 0 heterocycles. The van der Waals surface area contributed by atoms with Crippen molar-refractivity contribution in [1.82, 2.24) is 0 Å².